The highest BCUT2D eigenvalue weighted by Crippen LogP contribution is 1.65. The van der Waals surface area contributed by atoms with Crippen LogP contribution in [0.15, 0.2) is 6.08 Å². The van der Waals surface area contributed by atoms with Crippen molar-refractivity contribution in [3.05, 3.63) is 12.7 Å². The van der Waals surface area contributed by atoms with Crippen molar-refractivity contribution in [2.24, 2.45) is 0 Å². The zero-order chi connectivity index (χ0) is 3.41. The van der Waals surface area contributed by atoms with Crippen molar-refractivity contribution in [1.82, 2.24) is 0 Å². The second-order valence-corrected chi connectivity index (χ2v) is 0.612. The molecule has 0 aromatic rings. The molecule has 0 amide bonds. The molecule has 0 heteroatoms. The van der Waals surface area contributed by atoms with Crippen LogP contribution in [0, 0.1) is 6.58 Å². The molecule has 0 rings (SSSR count). The van der Waals surface area contributed by atoms with E-state index >= 15 is 0 Å². The predicted molar refractivity (Wildman–Crippen MR) is 18.1 cm³/mol. The SMILES string of the molecule is [C]=CCC. The van der Waals surface area contributed by atoms with Crippen LogP contribution in [0.3, 0.4) is 0 Å². The summed E-state index contributed by atoms with van der Waals surface area (Å²) in [5.74, 6) is 0. The number of allylic oxidation sites excluding steroid dienone is 1. The number of hydrogen-bond acceptors (Lipinski definition) is 0. The van der Waals surface area contributed by atoms with Gasteiger partial charge < -0.3 is 0 Å². The maximum Gasteiger partial charge on any atom is -0.0146 e. The van der Waals surface area contributed by atoms with Crippen molar-refractivity contribution < 1.29 is 0 Å². The van der Waals surface area contributed by atoms with Gasteiger partial charge in [-0.2, -0.15) is 0 Å². The lowest BCUT2D eigenvalue weighted by Crippen LogP contribution is -1.37. The van der Waals surface area contributed by atoms with E-state index in [9.17, 15) is 0 Å². The van der Waals surface area contributed by atoms with Crippen molar-refractivity contribution in [2.75, 3.05) is 0 Å². The van der Waals surface area contributed by atoms with Crippen LogP contribution in [-0.4, -0.2) is 0 Å². The molecule has 0 unspecified atom stereocenters. The quantitative estimate of drug-likeness (QED) is 0.422. The summed E-state index contributed by atoms with van der Waals surface area (Å²) in [4.78, 5) is 0. The van der Waals surface area contributed by atoms with Gasteiger partial charge in [-0.1, -0.05) is 13.0 Å². The van der Waals surface area contributed by atoms with Gasteiger partial charge >= 0.3 is 0 Å². The van der Waals surface area contributed by atoms with Crippen molar-refractivity contribution in [1.29, 1.82) is 0 Å². The van der Waals surface area contributed by atoms with Crippen LogP contribution < -0.4 is 0 Å². The molecule has 0 saturated heterocycles. The second kappa shape index (κ2) is 2.74. The zero-order valence-corrected chi connectivity index (χ0v) is 2.78. The molecule has 0 aromatic heterocycles. The van der Waals surface area contributed by atoms with E-state index in [4.69, 9.17) is 6.58 Å². The van der Waals surface area contributed by atoms with Crippen molar-refractivity contribution in [3.8, 4) is 0 Å². The molecule has 0 nitrogen and oxygen atoms in total. The van der Waals surface area contributed by atoms with E-state index in [1.807, 2.05) is 6.92 Å². The number of rotatable bonds is 1. The first-order valence-corrected chi connectivity index (χ1v) is 1.40. The molecule has 0 spiro atoms. The van der Waals surface area contributed by atoms with Crippen LogP contribution in [0.25, 0.3) is 0 Å². The molecule has 4 heavy (non-hydrogen) atoms. The summed E-state index contributed by atoms with van der Waals surface area (Å²) < 4.78 is 0. The lowest BCUT2D eigenvalue weighted by molar-refractivity contribution is 1.23. The van der Waals surface area contributed by atoms with Crippen LogP contribution in [-0.2, 0) is 0 Å². The Hall–Kier alpha value is -0.260. The highest BCUT2D eigenvalue weighted by Gasteiger charge is 1.46. The third-order valence-corrected chi connectivity index (χ3v) is 0.204. The fourth-order valence-electron chi connectivity index (χ4n) is 0. The first-order valence-electron chi connectivity index (χ1n) is 1.40. The molecule has 0 aliphatic heterocycles. The van der Waals surface area contributed by atoms with Gasteiger partial charge in [0, 0.05) is 0 Å². The Morgan fingerprint density at radius 2 is 2.25 bits per heavy atom. The normalized spacial score (nSPS) is 6.25. The Kier molecular flexibility index (Phi) is 2.56. The fourth-order valence-corrected chi connectivity index (χ4v) is 0. The summed E-state index contributed by atoms with van der Waals surface area (Å²) in [6.45, 7) is 8.26. The lowest BCUT2D eigenvalue weighted by Gasteiger charge is -1.56. The van der Waals surface area contributed by atoms with Gasteiger partial charge in [0.1, 0.15) is 0 Å². The molecule has 22 valence electrons. The van der Waals surface area contributed by atoms with Crippen LogP contribution in [0.5, 0.6) is 0 Å². The monoisotopic (exact) mass is 54.0 g/mol. The Morgan fingerprint density at radius 1 is 2.00 bits per heavy atom. The molecule has 0 saturated carbocycles. The van der Waals surface area contributed by atoms with Crippen LogP contribution in [0.2, 0.25) is 0 Å². The minimum atomic E-state index is 0.861. The third-order valence-electron chi connectivity index (χ3n) is 0.204. The van der Waals surface area contributed by atoms with Gasteiger partial charge in [0.15, 0.2) is 0 Å². The van der Waals surface area contributed by atoms with E-state index in [-0.39, 0.29) is 0 Å². The molecule has 0 N–H and O–H groups in total. The van der Waals surface area contributed by atoms with Gasteiger partial charge in [-0.05, 0) is 13.0 Å². The maximum atomic E-state index is 6.33. The average Bonchev–Trinajstić information content (AvgIpc) is 1.37. The summed E-state index contributed by atoms with van der Waals surface area (Å²) in [5, 5.41) is 0. The van der Waals surface area contributed by atoms with E-state index in [1.165, 1.54) is 6.08 Å². The zero-order valence-electron chi connectivity index (χ0n) is 2.78. The molecule has 0 bridgehead atoms. The Balaban J connectivity index is 2.30. The maximum absolute atomic E-state index is 6.33. The van der Waals surface area contributed by atoms with E-state index in [0.717, 1.165) is 6.42 Å². The topological polar surface area (TPSA) is 0 Å². The first-order chi connectivity index (χ1) is 1.91. The van der Waals surface area contributed by atoms with Crippen LogP contribution >= 0.6 is 0 Å². The molecule has 0 aromatic carbocycles. The standard InChI is InChI=1S/C4H6/c1-3-4-2/h4H,3H2,1H3. The first kappa shape index (κ1) is 3.74. The molecule has 0 aliphatic carbocycles. The van der Waals surface area contributed by atoms with E-state index in [0.29, 0.717) is 0 Å². The molecular weight excluding hydrogens is 48.0 g/mol. The molecular formula is C4H6. The summed E-state index contributed by atoms with van der Waals surface area (Å²) in [6, 6.07) is 0. The minimum Gasteiger partial charge on any atom is -0.0763 e. The van der Waals surface area contributed by atoms with Crippen LogP contribution in [0.1, 0.15) is 13.3 Å². The molecule has 0 aliphatic rings. The number of hydrogen-bond donors (Lipinski definition) is 0. The van der Waals surface area contributed by atoms with Gasteiger partial charge in [-0.15, -0.1) is 0 Å². The minimum absolute atomic E-state index is 0.861. The third kappa shape index (κ3) is 1.74. The van der Waals surface area contributed by atoms with Crippen molar-refractivity contribution in [3.63, 3.8) is 0 Å². The molecule has 0 atom stereocenters. The van der Waals surface area contributed by atoms with Crippen molar-refractivity contribution >= 4 is 0 Å². The smallest absolute Gasteiger partial charge is 0.0146 e. The largest absolute Gasteiger partial charge is 0.0763 e. The summed E-state index contributed by atoms with van der Waals surface area (Å²) >= 11 is 0. The predicted octanol–water partition coefficient (Wildman–Crippen LogP) is 1.26. The lowest BCUT2D eigenvalue weighted by atomic mass is 10.5. The summed E-state index contributed by atoms with van der Waals surface area (Å²) in [6.07, 6.45) is 2.24. The van der Waals surface area contributed by atoms with E-state index in [1.54, 1.807) is 0 Å². The molecule has 2 radical (unpaired) electrons. The fraction of sp³-hybridized carbons (Fsp3) is 0.500. The van der Waals surface area contributed by atoms with Gasteiger partial charge in [0.25, 0.3) is 0 Å². The Bertz CT molecular complexity index is 14.0. The van der Waals surface area contributed by atoms with Gasteiger partial charge in [0.2, 0.25) is 0 Å². The van der Waals surface area contributed by atoms with Gasteiger partial charge in [0.05, 0.1) is 0 Å². The van der Waals surface area contributed by atoms with Gasteiger partial charge in [-0.3, -0.25) is 0 Å². The van der Waals surface area contributed by atoms with E-state index < -0.39 is 0 Å². The van der Waals surface area contributed by atoms with E-state index in [2.05, 4.69) is 0 Å². The van der Waals surface area contributed by atoms with Crippen molar-refractivity contribution in [2.45, 2.75) is 13.3 Å². The Labute approximate surface area is 27.1 Å². The molecule has 0 heterocycles. The highest BCUT2D eigenvalue weighted by atomic mass is 13.5. The Morgan fingerprint density at radius 3 is 2.25 bits per heavy atom. The summed E-state index contributed by atoms with van der Waals surface area (Å²) in [7, 11) is 0. The summed E-state index contributed by atoms with van der Waals surface area (Å²) in [5.41, 5.74) is 0. The second-order valence-electron chi connectivity index (χ2n) is 0.612. The molecule has 0 fully saturated rings. The van der Waals surface area contributed by atoms with Gasteiger partial charge in [-0.25, -0.2) is 0 Å². The highest BCUT2D eigenvalue weighted by molar-refractivity contribution is 4.54. The van der Waals surface area contributed by atoms with Crippen LogP contribution in [0.4, 0.5) is 0 Å². The average molecular weight is 54.1 g/mol.